The Balaban J connectivity index is 2.01. The van der Waals surface area contributed by atoms with E-state index in [0.29, 0.717) is 24.4 Å². The van der Waals surface area contributed by atoms with Crippen LogP contribution in [0.15, 0.2) is 18.2 Å². The van der Waals surface area contributed by atoms with E-state index in [1.54, 1.807) is 18.2 Å². The second-order valence-corrected chi connectivity index (χ2v) is 5.64. The van der Waals surface area contributed by atoms with Crippen molar-refractivity contribution in [2.75, 3.05) is 7.11 Å². The van der Waals surface area contributed by atoms with Crippen LogP contribution in [-0.2, 0) is 11.3 Å². The molecule has 0 saturated heterocycles. The third kappa shape index (κ3) is 3.97. The van der Waals surface area contributed by atoms with E-state index in [4.69, 9.17) is 14.6 Å². The van der Waals surface area contributed by atoms with Gasteiger partial charge in [-0.15, -0.1) is 0 Å². The fraction of sp³-hybridized carbons (Fsp3) is 0.588. The zero-order valence-electron chi connectivity index (χ0n) is 12.8. The molecule has 0 spiro atoms. The molecule has 116 valence electrons. The molecular weight excluding hydrogens is 268 g/mol. The summed E-state index contributed by atoms with van der Waals surface area (Å²) in [5.74, 6) is 0.0656. The third-order valence-electron chi connectivity index (χ3n) is 4.32. The van der Waals surface area contributed by atoms with E-state index in [2.05, 4.69) is 6.92 Å². The van der Waals surface area contributed by atoms with Crippen molar-refractivity contribution in [3.05, 3.63) is 29.3 Å². The van der Waals surface area contributed by atoms with Gasteiger partial charge in [0.25, 0.3) is 0 Å². The molecule has 4 heteroatoms. The van der Waals surface area contributed by atoms with Crippen molar-refractivity contribution in [1.82, 2.24) is 0 Å². The molecule has 2 rings (SSSR count). The van der Waals surface area contributed by atoms with Crippen LogP contribution >= 0.6 is 0 Å². The summed E-state index contributed by atoms with van der Waals surface area (Å²) >= 11 is 0. The minimum absolute atomic E-state index is 0.186. The molecule has 2 unspecified atom stereocenters. The highest BCUT2D eigenvalue weighted by molar-refractivity contribution is 5.90. The Morgan fingerprint density at radius 2 is 2.10 bits per heavy atom. The molecule has 0 heterocycles. The van der Waals surface area contributed by atoms with Crippen molar-refractivity contribution in [1.29, 1.82) is 0 Å². The molecule has 0 radical (unpaired) electrons. The Morgan fingerprint density at radius 1 is 1.33 bits per heavy atom. The number of hydrogen-bond acceptors (Lipinski definition) is 3. The van der Waals surface area contributed by atoms with E-state index in [1.807, 2.05) is 0 Å². The SMILES string of the molecule is CCC1CCCCC1OCc1ccc(C(=O)O)c(OC)c1. The maximum Gasteiger partial charge on any atom is 0.339 e. The van der Waals surface area contributed by atoms with Crippen LogP contribution in [0, 0.1) is 5.92 Å². The molecule has 1 aromatic carbocycles. The van der Waals surface area contributed by atoms with Gasteiger partial charge in [0.1, 0.15) is 11.3 Å². The second-order valence-electron chi connectivity index (χ2n) is 5.64. The number of benzene rings is 1. The molecule has 1 aliphatic rings. The Hall–Kier alpha value is -1.55. The van der Waals surface area contributed by atoms with Crippen LogP contribution in [0.5, 0.6) is 5.75 Å². The highest BCUT2D eigenvalue weighted by Gasteiger charge is 2.24. The summed E-state index contributed by atoms with van der Waals surface area (Å²) in [4.78, 5) is 11.1. The van der Waals surface area contributed by atoms with Gasteiger partial charge in [0.05, 0.1) is 19.8 Å². The quantitative estimate of drug-likeness (QED) is 0.864. The minimum atomic E-state index is -0.974. The molecular formula is C17H24O4. The molecule has 1 aromatic rings. The van der Waals surface area contributed by atoms with Gasteiger partial charge in [-0.1, -0.05) is 32.3 Å². The van der Waals surface area contributed by atoms with Gasteiger partial charge in [-0.3, -0.25) is 0 Å². The van der Waals surface area contributed by atoms with Crippen molar-refractivity contribution in [2.24, 2.45) is 5.92 Å². The van der Waals surface area contributed by atoms with Crippen LogP contribution in [0.25, 0.3) is 0 Å². The van der Waals surface area contributed by atoms with Gasteiger partial charge in [0, 0.05) is 0 Å². The second kappa shape index (κ2) is 7.46. The number of hydrogen-bond donors (Lipinski definition) is 1. The molecule has 0 amide bonds. The van der Waals surface area contributed by atoms with E-state index in [0.717, 1.165) is 18.4 Å². The molecule has 2 atom stereocenters. The summed E-state index contributed by atoms with van der Waals surface area (Å²) in [5.41, 5.74) is 1.14. The van der Waals surface area contributed by atoms with Crippen LogP contribution in [-0.4, -0.2) is 24.3 Å². The Labute approximate surface area is 126 Å². The normalized spacial score (nSPS) is 22.0. The average molecular weight is 292 g/mol. The number of ether oxygens (including phenoxy) is 2. The molecule has 0 aromatic heterocycles. The summed E-state index contributed by atoms with van der Waals surface area (Å²) in [6.07, 6.45) is 6.41. The van der Waals surface area contributed by atoms with Crippen LogP contribution < -0.4 is 4.74 Å². The lowest BCUT2D eigenvalue weighted by Crippen LogP contribution is -2.27. The molecule has 1 fully saturated rings. The maximum atomic E-state index is 11.1. The van der Waals surface area contributed by atoms with Crippen LogP contribution in [0.2, 0.25) is 0 Å². The zero-order chi connectivity index (χ0) is 15.2. The highest BCUT2D eigenvalue weighted by atomic mass is 16.5. The van der Waals surface area contributed by atoms with Gasteiger partial charge in [0.15, 0.2) is 0 Å². The average Bonchev–Trinajstić information content (AvgIpc) is 2.52. The topological polar surface area (TPSA) is 55.8 Å². The number of carboxylic acids is 1. The first-order valence-corrected chi connectivity index (χ1v) is 7.67. The molecule has 0 bridgehead atoms. The first-order chi connectivity index (χ1) is 10.2. The fourth-order valence-electron chi connectivity index (χ4n) is 3.07. The highest BCUT2D eigenvalue weighted by Crippen LogP contribution is 2.30. The number of rotatable bonds is 6. The largest absolute Gasteiger partial charge is 0.496 e. The van der Waals surface area contributed by atoms with Crippen LogP contribution in [0.3, 0.4) is 0 Å². The van der Waals surface area contributed by atoms with E-state index in [9.17, 15) is 4.79 Å². The number of methoxy groups -OCH3 is 1. The standard InChI is InChI=1S/C17H24O4/c1-3-13-6-4-5-7-15(13)21-11-12-8-9-14(17(18)19)16(10-12)20-2/h8-10,13,15H,3-7,11H2,1-2H3,(H,18,19). The monoisotopic (exact) mass is 292 g/mol. The Kier molecular flexibility index (Phi) is 5.62. The van der Waals surface area contributed by atoms with E-state index < -0.39 is 5.97 Å². The van der Waals surface area contributed by atoms with Gasteiger partial charge in [-0.05, 0) is 36.5 Å². The minimum Gasteiger partial charge on any atom is -0.496 e. The number of carboxylic acid groups (broad SMARTS) is 1. The maximum absolute atomic E-state index is 11.1. The van der Waals surface area contributed by atoms with E-state index in [-0.39, 0.29) is 5.56 Å². The predicted molar refractivity (Wildman–Crippen MR) is 80.8 cm³/mol. The van der Waals surface area contributed by atoms with E-state index >= 15 is 0 Å². The summed E-state index contributed by atoms with van der Waals surface area (Å²) < 4.78 is 11.2. The van der Waals surface area contributed by atoms with E-state index in [1.165, 1.54) is 26.4 Å². The van der Waals surface area contributed by atoms with Gasteiger partial charge < -0.3 is 14.6 Å². The molecule has 4 nitrogen and oxygen atoms in total. The van der Waals surface area contributed by atoms with Gasteiger partial charge >= 0.3 is 5.97 Å². The molecule has 1 saturated carbocycles. The summed E-state index contributed by atoms with van der Waals surface area (Å²) in [6, 6.07) is 5.14. The summed E-state index contributed by atoms with van der Waals surface area (Å²) in [7, 11) is 1.49. The molecule has 0 aliphatic heterocycles. The van der Waals surface area contributed by atoms with Gasteiger partial charge in [-0.25, -0.2) is 4.79 Å². The van der Waals surface area contributed by atoms with Crippen molar-refractivity contribution in [3.63, 3.8) is 0 Å². The lowest BCUT2D eigenvalue weighted by molar-refractivity contribution is -0.0222. The van der Waals surface area contributed by atoms with Crippen LogP contribution in [0.1, 0.15) is 54.9 Å². The zero-order valence-corrected chi connectivity index (χ0v) is 12.8. The fourth-order valence-corrected chi connectivity index (χ4v) is 3.07. The lowest BCUT2D eigenvalue weighted by atomic mass is 9.85. The first-order valence-electron chi connectivity index (χ1n) is 7.67. The Morgan fingerprint density at radius 3 is 2.76 bits per heavy atom. The number of aromatic carboxylic acids is 1. The van der Waals surface area contributed by atoms with Crippen molar-refractivity contribution < 1.29 is 19.4 Å². The van der Waals surface area contributed by atoms with Gasteiger partial charge in [-0.2, -0.15) is 0 Å². The van der Waals surface area contributed by atoms with Crippen molar-refractivity contribution >= 4 is 5.97 Å². The first kappa shape index (κ1) is 15.8. The summed E-state index contributed by atoms with van der Waals surface area (Å²) in [6.45, 7) is 2.73. The molecule has 1 N–H and O–H groups in total. The van der Waals surface area contributed by atoms with Crippen molar-refractivity contribution in [3.8, 4) is 5.75 Å². The molecule has 21 heavy (non-hydrogen) atoms. The third-order valence-corrected chi connectivity index (χ3v) is 4.32. The molecule has 1 aliphatic carbocycles. The Bertz CT molecular complexity index is 484. The smallest absolute Gasteiger partial charge is 0.339 e. The number of carbonyl (C=O) groups is 1. The summed E-state index contributed by atoms with van der Waals surface area (Å²) in [5, 5.41) is 9.08. The lowest BCUT2D eigenvalue weighted by Gasteiger charge is -2.30. The predicted octanol–water partition coefficient (Wildman–Crippen LogP) is 3.88. The van der Waals surface area contributed by atoms with Gasteiger partial charge in [0.2, 0.25) is 0 Å². The van der Waals surface area contributed by atoms with Crippen LogP contribution in [0.4, 0.5) is 0 Å². The van der Waals surface area contributed by atoms with Crippen molar-refractivity contribution in [2.45, 2.75) is 51.7 Å².